The van der Waals surface area contributed by atoms with Crippen LogP contribution in [0.15, 0.2) is 43.0 Å². The zero-order valence-corrected chi connectivity index (χ0v) is 12.0. The molecule has 1 aliphatic heterocycles. The first-order valence-electron chi connectivity index (χ1n) is 6.93. The molecule has 1 heterocycles. The minimum absolute atomic E-state index is 0.180. The van der Waals surface area contributed by atoms with E-state index < -0.39 is 0 Å². The Balaban J connectivity index is 2.24. The lowest BCUT2D eigenvalue weighted by Crippen LogP contribution is -2.36. The topological polar surface area (TPSA) is 29.5 Å². The predicted molar refractivity (Wildman–Crippen MR) is 82.2 cm³/mol. The molecule has 0 fully saturated rings. The van der Waals surface area contributed by atoms with Gasteiger partial charge in [-0.3, -0.25) is 4.79 Å². The van der Waals surface area contributed by atoms with Gasteiger partial charge in [-0.1, -0.05) is 24.3 Å². The van der Waals surface area contributed by atoms with Gasteiger partial charge in [0.1, 0.15) is 12.4 Å². The fourth-order valence-corrected chi connectivity index (χ4v) is 2.31. The van der Waals surface area contributed by atoms with Gasteiger partial charge in [-0.25, -0.2) is 0 Å². The lowest BCUT2D eigenvalue weighted by atomic mass is 10.0. The van der Waals surface area contributed by atoms with E-state index >= 15 is 0 Å². The van der Waals surface area contributed by atoms with Crippen molar-refractivity contribution in [1.29, 1.82) is 0 Å². The molecule has 0 radical (unpaired) electrons. The highest BCUT2D eigenvalue weighted by Crippen LogP contribution is 2.32. The van der Waals surface area contributed by atoms with Gasteiger partial charge in [0.15, 0.2) is 0 Å². The van der Waals surface area contributed by atoms with E-state index in [-0.39, 0.29) is 5.91 Å². The maximum absolute atomic E-state index is 12.1. The van der Waals surface area contributed by atoms with Crippen LogP contribution in [-0.4, -0.2) is 19.1 Å². The number of ether oxygens (including phenoxy) is 1. The first-order chi connectivity index (χ1) is 9.61. The summed E-state index contributed by atoms with van der Waals surface area (Å²) in [5.74, 6) is 0.957. The predicted octanol–water partition coefficient (Wildman–Crippen LogP) is 3.50. The molecule has 1 aromatic rings. The molecule has 0 aromatic heterocycles. The van der Waals surface area contributed by atoms with Gasteiger partial charge in [-0.2, -0.15) is 0 Å². The van der Waals surface area contributed by atoms with Crippen LogP contribution in [0.1, 0.15) is 25.3 Å². The number of anilines is 1. The van der Waals surface area contributed by atoms with Crippen molar-refractivity contribution in [3.05, 3.63) is 48.6 Å². The first-order valence-corrected chi connectivity index (χ1v) is 6.93. The molecule has 0 atom stereocenters. The summed E-state index contributed by atoms with van der Waals surface area (Å²) in [4.78, 5) is 14.0. The highest BCUT2D eigenvalue weighted by atomic mass is 16.5. The quantitative estimate of drug-likeness (QED) is 0.741. The van der Waals surface area contributed by atoms with Crippen molar-refractivity contribution >= 4 is 11.6 Å². The van der Waals surface area contributed by atoms with Gasteiger partial charge in [0.05, 0.1) is 5.69 Å². The Morgan fingerprint density at radius 2 is 2.25 bits per heavy atom. The number of rotatable bonds is 6. The van der Waals surface area contributed by atoms with Crippen LogP contribution >= 0.6 is 0 Å². The molecule has 0 saturated carbocycles. The number of carbonyl (C=O) groups excluding carboxylic acids is 1. The fourth-order valence-electron chi connectivity index (χ4n) is 2.31. The molecule has 0 unspecified atom stereocenters. The van der Waals surface area contributed by atoms with Gasteiger partial charge in [-0.15, -0.1) is 6.58 Å². The third-order valence-electron chi connectivity index (χ3n) is 3.39. The van der Waals surface area contributed by atoms with E-state index in [4.69, 9.17) is 4.74 Å². The number of hydrogen-bond donors (Lipinski definition) is 0. The Morgan fingerprint density at radius 3 is 2.95 bits per heavy atom. The van der Waals surface area contributed by atoms with Crippen LogP contribution in [0.4, 0.5) is 5.69 Å². The van der Waals surface area contributed by atoms with E-state index in [0.29, 0.717) is 19.6 Å². The fraction of sp³-hybridized carbons (Fsp3) is 0.353. The van der Waals surface area contributed by atoms with Crippen LogP contribution in [0.3, 0.4) is 0 Å². The third-order valence-corrected chi connectivity index (χ3v) is 3.39. The summed E-state index contributed by atoms with van der Waals surface area (Å²) in [7, 11) is 0. The first kappa shape index (κ1) is 14.4. The van der Waals surface area contributed by atoms with Gasteiger partial charge < -0.3 is 9.64 Å². The molecule has 106 valence electrons. The van der Waals surface area contributed by atoms with Crippen molar-refractivity contribution in [2.75, 3.05) is 18.1 Å². The third kappa shape index (κ3) is 3.29. The maximum atomic E-state index is 12.1. The van der Waals surface area contributed by atoms with E-state index in [1.54, 1.807) is 6.08 Å². The number of fused-ring (bicyclic) bond motifs is 1. The standard InChI is InChI=1S/C17H21NO2/c1-4-11-20-15-7-5-14-6-8-17(19)18(16(14)12-15)10-9-13(2)3/h4-5,7,12H,1-2,6,8-11H2,3H3. The van der Waals surface area contributed by atoms with Crippen LogP contribution in [0.2, 0.25) is 0 Å². The van der Waals surface area contributed by atoms with Gasteiger partial charge in [0.2, 0.25) is 5.91 Å². The molecular formula is C17H21NO2. The Bertz CT molecular complexity index is 534. The molecular weight excluding hydrogens is 250 g/mol. The smallest absolute Gasteiger partial charge is 0.227 e. The average Bonchev–Trinajstić information content (AvgIpc) is 2.43. The van der Waals surface area contributed by atoms with Crippen molar-refractivity contribution in [2.45, 2.75) is 26.2 Å². The number of nitrogens with zero attached hydrogens (tertiary/aromatic N) is 1. The Kier molecular flexibility index (Phi) is 4.61. The van der Waals surface area contributed by atoms with Crippen LogP contribution in [-0.2, 0) is 11.2 Å². The number of amides is 1. The molecule has 3 nitrogen and oxygen atoms in total. The normalized spacial score (nSPS) is 13.8. The second kappa shape index (κ2) is 6.42. The van der Waals surface area contributed by atoms with Crippen molar-refractivity contribution < 1.29 is 9.53 Å². The Morgan fingerprint density at radius 1 is 1.45 bits per heavy atom. The molecule has 1 amide bonds. The number of carbonyl (C=O) groups is 1. The van der Waals surface area contributed by atoms with Gasteiger partial charge >= 0.3 is 0 Å². The molecule has 0 aliphatic carbocycles. The van der Waals surface area contributed by atoms with Crippen LogP contribution in [0.5, 0.6) is 5.75 Å². The molecule has 0 spiro atoms. The molecule has 1 aromatic carbocycles. The summed E-state index contributed by atoms with van der Waals surface area (Å²) in [6.45, 7) is 10.7. The summed E-state index contributed by atoms with van der Waals surface area (Å²) in [5.41, 5.74) is 3.27. The summed E-state index contributed by atoms with van der Waals surface area (Å²) < 4.78 is 5.56. The molecule has 1 aliphatic rings. The molecule has 3 heteroatoms. The SMILES string of the molecule is C=CCOc1ccc2c(c1)N(CCC(=C)C)C(=O)CC2. The number of benzene rings is 1. The largest absolute Gasteiger partial charge is 0.489 e. The van der Waals surface area contributed by atoms with E-state index in [2.05, 4.69) is 13.2 Å². The molecule has 0 N–H and O–H groups in total. The van der Waals surface area contributed by atoms with E-state index in [1.807, 2.05) is 30.0 Å². The summed E-state index contributed by atoms with van der Waals surface area (Å²) in [6, 6.07) is 5.96. The van der Waals surface area contributed by atoms with Gasteiger partial charge in [-0.05, 0) is 31.4 Å². The lowest BCUT2D eigenvalue weighted by molar-refractivity contribution is -0.118. The zero-order chi connectivity index (χ0) is 14.5. The molecule has 0 bridgehead atoms. The van der Waals surface area contributed by atoms with Gasteiger partial charge in [0, 0.05) is 19.0 Å². The second-order valence-electron chi connectivity index (χ2n) is 5.14. The molecule has 20 heavy (non-hydrogen) atoms. The Hall–Kier alpha value is -2.03. The maximum Gasteiger partial charge on any atom is 0.227 e. The summed E-state index contributed by atoms with van der Waals surface area (Å²) in [5, 5.41) is 0. The van der Waals surface area contributed by atoms with E-state index in [1.165, 1.54) is 5.56 Å². The van der Waals surface area contributed by atoms with Crippen molar-refractivity contribution in [2.24, 2.45) is 0 Å². The molecule has 2 rings (SSSR count). The van der Waals surface area contributed by atoms with Crippen LogP contribution in [0, 0.1) is 0 Å². The van der Waals surface area contributed by atoms with Crippen molar-refractivity contribution in [3.63, 3.8) is 0 Å². The van der Waals surface area contributed by atoms with Crippen LogP contribution < -0.4 is 9.64 Å². The molecule has 0 saturated heterocycles. The zero-order valence-electron chi connectivity index (χ0n) is 12.0. The minimum atomic E-state index is 0.180. The van der Waals surface area contributed by atoms with E-state index in [9.17, 15) is 4.79 Å². The van der Waals surface area contributed by atoms with E-state index in [0.717, 1.165) is 29.9 Å². The lowest BCUT2D eigenvalue weighted by Gasteiger charge is -2.30. The Labute approximate surface area is 120 Å². The van der Waals surface area contributed by atoms with Gasteiger partial charge in [0.25, 0.3) is 0 Å². The summed E-state index contributed by atoms with van der Waals surface area (Å²) in [6.07, 6.45) is 3.92. The highest BCUT2D eigenvalue weighted by Gasteiger charge is 2.24. The summed E-state index contributed by atoms with van der Waals surface area (Å²) >= 11 is 0. The minimum Gasteiger partial charge on any atom is -0.489 e. The number of aryl methyl sites for hydroxylation is 1. The van der Waals surface area contributed by atoms with Crippen LogP contribution in [0.25, 0.3) is 0 Å². The average molecular weight is 271 g/mol. The number of hydrogen-bond acceptors (Lipinski definition) is 2. The van der Waals surface area contributed by atoms with Crippen molar-refractivity contribution in [1.82, 2.24) is 0 Å². The second-order valence-corrected chi connectivity index (χ2v) is 5.14. The van der Waals surface area contributed by atoms with Crippen molar-refractivity contribution in [3.8, 4) is 5.75 Å². The monoisotopic (exact) mass is 271 g/mol. The highest BCUT2D eigenvalue weighted by molar-refractivity contribution is 5.96.